The number of aryl methyl sites for hydroxylation is 1. The fraction of sp³-hybridized carbons (Fsp3) is 0.286. The molecule has 1 aromatic heterocycles. The monoisotopic (exact) mass is 285 g/mol. The number of nitrogens with zero attached hydrogens (tertiary/aromatic N) is 3. The van der Waals surface area contributed by atoms with Crippen molar-refractivity contribution in [2.24, 2.45) is 5.92 Å². The highest BCUT2D eigenvalue weighted by molar-refractivity contribution is 5.98. The van der Waals surface area contributed by atoms with Crippen molar-refractivity contribution in [3.05, 3.63) is 36.2 Å². The molecule has 21 heavy (non-hydrogen) atoms. The minimum absolute atomic E-state index is 0.111. The summed E-state index contributed by atoms with van der Waals surface area (Å²) in [4.78, 5) is 27.9. The Morgan fingerprint density at radius 2 is 2.29 bits per heavy atom. The van der Waals surface area contributed by atoms with Gasteiger partial charge in [-0.1, -0.05) is 18.2 Å². The lowest BCUT2D eigenvalue weighted by atomic mass is 10.0. The third-order valence-corrected chi connectivity index (χ3v) is 3.47. The Bertz CT molecular complexity index is 694. The summed E-state index contributed by atoms with van der Waals surface area (Å²) in [6, 6.07) is 7.53. The normalized spacial score (nSPS) is 17.0. The van der Waals surface area contributed by atoms with Gasteiger partial charge in [-0.05, 0) is 18.6 Å². The molecule has 108 valence electrons. The third-order valence-electron chi connectivity index (χ3n) is 3.47. The average molecular weight is 285 g/mol. The molecule has 0 fully saturated rings. The first kappa shape index (κ1) is 13.3. The van der Waals surface area contributed by atoms with E-state index in [0.717, 1.165) is 11.3 Å². The molecular weight excluding hydrogens is 270 g/mol. The van der Waals surface area contributed by atoms with Crippen LogP contribution in [0.4, 0.5) is 11.6 Å². The first-order valence-corrected chi connectivity index (χ1v) is 6.67. The molecule has 1 aliphatic heterocycles. The molecule has 0 bridgehead atoms. The maximum Gasteiger partial charge on any atom is 0.232 e. The molecule has 0 unspecified atom stereocenters. The molecule has 1 aromatic carbocycles. The number of carbonyl (C=O) groups excluding carboxylic acids is 2. The van der Waals surface area contributed by atoms with Crippen molar-refractivity contribution < 1.29 is 9.59 Å². The summed E-state index contributed by atoms with van der Waals surface area (Å²) in [5.41, 5.74) is 1.75. The van der Waals surface area contributed by atoms with Crippen LogP contribution in [-0.2, 0) is 16.1 Å². The fourth-order valence-electron chi connectivity index (χ4n) is 2.29. The number of rotatable bonds is 3. The van der Waals surface area contributed by atoms with Crippen LogP contribution < -0.4 is 10.6 Å². The molecule has 2 aromatic rings. The summed E-state index contributed by atoms with van der Waals surface area (Å²) < 4.78 is 1.59. The SMILES string of the molecule is Cc1ccccc1NC(=O)C[C@H]1Cn2ncnc2NC1=O. The Kier molecular flexibility index (Phi) is 3.39. The Balaban J connectivity index is 1.66. The number of para-hydroxylation sites is 1. The Morgan fingerprint density at radius 3 is 3.10 bits per heavy atom. The van der Waals surface area contributed by atoms with Gasteiger partial charge in [0.05, 0.1) is 12.5 Å². The first-order chi connectivity index (χ1) is 10.1. The van der Waals surface area contributed by atoms with E-state index in [-0.39, 0.29) is 18.2 Å². The van der Waals surface area contributed by atoms with Crippen molar-refractivity contribution in [3.8, 4) is 0 Å². The van der Waals surface area contributed by atoms with Gasteiger partial charge in [-0.3, -0.25) is 14.9 Å². The van der Waals surface area contributed by atoms with E-state index in [2.05, 4.69) is 20.7 Å². The predicted octanol–water partition coefficient (Wildman–Crippen LogP) is 1.18. The van der Waals surface area contributed by atoms with Gasteiger partial charge in [0.25, 0.3) is 0 Å². The predicted molar refractivity (Wildman–Crippen MR) is 76.6 cm³/mol. The molecular formula is C14H15N5O2. The first-order valence-electron chi connectivity index (χ1n) is 6.67. The Morgan fingerprint density at radius 1 is 1.48 bits per heavy atom. The lowest BCUT2D eigenvalue weighted by Crippen LogP contribution is -2.36. The smallest absolute Gasteiger partial charge is 0.232 e. The summed E-state index contributed by atoms with van der Waals surface area (Å²) in [6.45, 7) is 2.28. The molecule has 0 saturated carbocycles. The summed E-state index contributed by atoms with van der Waals surface area (Å²) in [6.07, 6.45) is 1.49. The minimum Gasteiger partial charge on any atom is -0.326 e. The molecule has 7 heteroatoms. The lowest BCUT2D eigenvalue weighted by Gasteiger charge is -2.21. The highest BCUT2D eigenvalue weighted by Crippen LogP contribution is 2.19. The van der Waals surface area contributed by atoms with Crippen LogP contribution in [0.25, 0.3) is 0 Å². The number of aromatic nitrogens is 3. The van der Waals surface area contributed by atoms with E-state index in [9.17, 15) is 9.59 Å². The highest BCUT2D eigenvalue weighted by atomic mass is 16.2. The largest absolute Gasteiger partial charge is 0.326 e. The maximum atomic E-state index is 12.1. The van der Waals surface area contributed by atoms with Crippen molar-refractivity contribution in [1.29, 1.82) is 0 Å². The van der Waals surface area contributed by atoms with E-state index in [4.69, 9.17) is 0 Å². The number of benzene rings is 1. The minimum atomic E-state index is -0.441. The summed E-state index contributed by atoms with van der Waals surface area (Å²) in [5.74, 6) is -0.401. The van der Waals surface area contributed by atoms with Gasteiger partial charge < -0.3 is 5.32 Å². The number of hydrogen-bond acceptors (Lipinski definition) is 4. The zero-order valence-electron chi connectivity index (χ0n) is 11.5. The van der Waals surface area contributed by atoms with Gasteiger partial charge in [0.15, 0.2) is 0 Å². The fourth-order valence-corrected chi connectivity index (χ4v) is 2.29. The van der Waals surface area contributed by atoms with Crippen molar-refractivity contribution in [3.63, 3.8) is 0 Å². The van der Waals surface area contributed by atoms with E-state index in [1.54, 1.807) is 4.68 Å². The van der Waals surface area contributed by atoms with Crippen molar-refractivity contribution in [2.45, 2.75) is 19.9 Å². The standard InChI is InChI=1S/C14H15N5O2/c1-9-4-2-3-5-11(9)17-12(20)6-10-7-19-14(15-8-16-19)18-13(10)21/h2-5,8,10H,6-7H2,1H3,(H,17,20)(H,15,16,18,21)/t10-/m0/s1. The quantitative estimate of drug-likeness (QED) is 0.886. The molecule has 1 atom stereocenters. The van der Waals surface area contributed by atoms with E-state index in [1.807, 2.05) is 31.2 Å². The highest BCUT2D eigenvalue weighted by Gasteiger charge is 2.29. The Hall–Kier alpha value is -2.70. The molecule has 2 amide bonds. The van der Waals surface area contributed by atoms with Crippen LogP contribution in [-0.4, -0.2) is 26.6 Å². The van der Waals surface area contributed by atoms with Crippen molar-refractivity contribution in [2.75, 3.05) is 10.6 Å². The second kappa shape index (κ2) is 5.35. The van der Waals surface area contributed by atoms with Gasteiger partial charge in [-0.15, -0.1) is 0 Å². The summed E-state index contributed by atoms with van der Waals surface area (Å²) in [7, 11) is 0. The number of carbonyl (C=O) groups is 2. The van der Waals surface area contributed by atoms with Gasteiger partial charge in [0.1, 0.15) is 6.33 Å². The second-order valence-electron chi connectivity index (χ2n) is 5.02. The van der Waals surface area contributed by atoms with Gasteiger partial charge in [0, 0.05) is 12.1 Å². The van der Waals surface area contributed by atoms with Crippen molar-refractivity contribution in [1.82, 2.24) is 14.8 Å². The number of nitrogens with one attached hydrogen (secondary N) is 2. The number of hydrogen-bond donors (Lipinski definition) is 2. The molecule has 7 nitrogen and oxygen atoms in total. The van der Waals surface area contributed by atoms with Crippen LogP contribution in [0.2, 0.25) is 0 Å². The van der Waals surface area contributed by atoms with Gasteiger partial charge in [-0.2, -0.15) is 10.1 Å². The second-order valence-corrected chi connectivity index (χ2v) is 5.02. The lowest BCUT2D eigenvalue weighted by molar-refractivity contribution is -0.125. The molecule has 0 spiro atoms. The van der Waals surface area contributed by atoms with Crippen LogP contribution >= 0.6 is 0 Å². The van der Waals surface area contributed by atoms with Gasteiger partial charge >= 0.3 is 0 Å². The zero-order chi connectivity index (χ0) is 14.8. The van der Waals surface area contributed by atoms with Crippen LogP contribution in [0, 0.1) is 12.8 Å². The topological polar surface area (TPSA) is 88.9 Å². The number of anilines is 2. The van der Waals surface area contributed by atoms with Crippen LogP contribution in [0.3, 0.4) is 0 Å². The molecule has 0 radical (unpaired) electrons. The van der Waals surface area contributed by atoms with Crippen LogP contribution in [0.15, 0.2) is 30.6 Å². The zero-order valence-corrected chi connectivity index (χ0v) is 11.5. The Labute approximate surface area is 121 Å². The van der Waals surface area contributed by atoms with Crippen LogP contribution in [0.1, 0.15) is 12.0 Å². The van der Waals surface area contributed by atoms with Gasteiger partial charge in [0.2, 0.25) is 17.8 Å². The molecule has 0 aliphatic carbocycles. The van der Waals surface area contributed by atoms with E-state index in [0.29, 0.717) is 12.5 Å². The molecule has 3 rings (SSSR count). The van der Waals surface area contributed by atoms with Crippen molar-refractivity contribution >= 4 is 23.5 Å². The summed E-state index contributed by atoms with van der Waals surface area (Å²) in [5, 5.41) is 9.48. The number of amides is 2. The van der Waals surface area contributed by atoms with E-state index >= 15 is 0 Å². The summed E-state index contributed by atoms with van der Waals surface area (Å²) >= 11 is 0. The van der Waals surface area contributed by atoms with E-state index < -0.39 is 5.92 Å². The molecule has 1 aliphatic rings. The van der Waals surface area contributed by atoms with E-state index in [1.165, 1.54) is 6.33 Å². The third kappa shape index (κ3) is 2.76. The molecule has 2 N–H and O–H groups in total. The average Bonchev–Trinajstić information content (AvgIpc) is 2.89. The van der Waals surface area contributed by atoms with Gasteiger partial charge in [-0.25, -0.2) is 4.68 Å². The number of fused-ring (bicyclic) bond motifs is 1. The maximum absolute atomic E-state index is 12.1. The molecule has 0 saturated heterocycles. The molecule has 2 heterocycles. The van der Waals surface area contributed by atoms with Crippen LogP contribution in [0.5, 0.6) is 0 Å².